The molecule has 0 spiro atoms. The Labute approximate surface area is 155 Å². The van der Waals surface area contributed by atoms with Crippen LogP contribution in [0.2, 0.25) is 0 Å². The van der Waals surface area contributed by atoms with Crippen molar-refractivity contribution in [3.8, 4) is 22.1 Å². The van der Waals surface area contributed by atoms with Gasteiger partial charge in [-0.1, -0.05) is 47.2 Å². The van der Waals surface area contributed by atoms with Gasteiger partial charge in [0.1, 0.15) is 16.5 Å². The minimum atomic E-state index is -0.686. The number of anilines is 1. The van der Waals surface area contributed by atoms with E-state index >= 15 is 0 Å². The zero-order valence-corrected chi connectivity index (χ0v) is 15.5. The van der Waals surface area contributed by atoms with E-state index in [1.807, 2.05) is 37.3 Å². The second-order valence-electron chi connectivity index (χ2n) is 5.71. The Morgan fingerprint density at radius 1 is 1.12 bits per heavy atom. The fourth-order valence-corrected chi connectivity index (χ4v) is 2.98. The standard InChI is InChI=1S/C19H19N3O3S/c1-12-7-9-14(10-8-12)18-21-22-19(26-18)20-17(23)13(2)25-16-6-4-5-15(11-16)24-3/h4-11,13H,1-3H3,(H,20,22,23)/t13-/m1/s1. The topological polar surface area (TPSA) is 73.3 Å². The van der Waals surface area contributed by atoms with Crippen LogP contribution in [0.1, 0.15) is 12.5 Å². The summed E-state index contributed by atoms with van der Waals surface area (Å²) in [5, 5.41) is 12.1. The van der Waals surface area contributed by atoms with Crippen molar-refractivity contribution in [1.82, 2.24) is 10.2 Å². The molecule has 0 unspecified atom stereocenters. The molecule has 3 rings (SSSR count). The van der Waals surface area contributed by atoms with Gasteiger partial charge >= 0.3 is 0 Å². The predicted octanol–water partition coefficient (Wildman–Crippen LogP) is 3.93. The Balaban J connectivity index is 1.63. The van der Waals surface area contributed by atoms with Gasteiger partial charge < -0.3 is 9.47 Å². The van der Waals surface area contributed by atoms with Crippen molar-refractivity contribution < 1.29 is 14.3 Å². The van der Waals surface area contributed by atoms with Crippen molar-refractivity contribution in [1.29, 1.82) is 0 Å². The number of carbonyl (C=O) groups is 1. The summed E-state index contributed by atoms with van der Waals surface area (Å²) in [6.45, 7) is 3.70. The zero-order chi connectivity index (χ0) is 18.5. The van der Waals surface area contributed by atoms with Gasteiger partial charge in [0.2, 0.25) is 5.13 Å². The molecule has 3 aromatic rings. The highest BCUT2D eigenvalue weighted by Gasteiger charge is 2.17. The van der Waals surface area contributed by atoms with Gasteiger partial charge in [0.15, 0.2) is 6.10 Å². The Morgan fingerprint density at radius 3 is 2.58 bits per heavy atom. The van der Waals surface area contributed by atoms with E-state index in [0.29, 0.717) is 16.6 Å². The van der Waals surface area contributed by atoms with Crippen LogP contribution in [-0.2, 0) is 4.79 Å². The van der Waals surface area contributed by atoms with Crippen LogP contribution in [0.15, 0.2) is 48.5 Å². The van der Waals surface area contributed by atoms with Crippen molar-refractivity contribution in [3.63, 3.8) is 0 Å². The predicted molar refractivity (Wildman–Crippen MR) is 102 cm³/mol. The van der Waals surface area contributed by atoms with Crippen LogP contribution in [0.4, 0.5) is 5.13 Å². The fourth-order valence-electron chi connectivity index (χ4n) is 2.23. The number of nitrogens with zero attached hydrogens (tertiary/aromatic N) is 2. The number of benzene rings is 2. The summed E-state index contributed by atoms with van der Waals surface area (Å²) >= 11 is 1.32. The number of aryl methyl sites for hydroxylation is 1. The summed E-state index contributed by atoms with van der Waals surface area (Å²) in [5.74, 6) is 0.936. The summed E-state index contributed by atoms with van der Waals surface area (Å²) in [6.07, 6.45) is -0.686. The molecule has 0 fully saturated rings. The average Bonchev–Trinajstić information content (AvgIpc) is 3.11. The van der Waals surface area contributed by atoms with Gasteiger partial charge in [-0.25, -0.2) is 0 Å². The molecule has 0 saturated carbocycles. The minimum absolute atomic E-state index is 0.292. The third kappa shape index (κ3) is 4.37. The molecule has 0 bridgehead atoms. The quantitative estimate of drug-likeness (QED) is 0.713. The number of methoxy groups -OCH3 is 1. The van der Waals surface area contributed by atoms with E-state index in [9.17, 15) is 4.79 Å². The fraction of sp³-hybridized carbons (Fsp3) is 0.211. The van der Waals surface area contributed by atoms with Crippen LogP contribution in [0.3, 0.4) is 0 Å². The lowest BCUT2D eigenvalue weighted by Crippen LogP contribution is -2.30. The molecule has 1 heterocycles. The van der Waals surface area contributed by atoms with Gasteiger partial charge in [-0.2, -0.15) is 0 Å². The molecule has 0 aliphatic heterocycles. The molecule has 26 heavy (non-hydrogen) atoms. The molecule has 7 heteroatoms. The van der Waals surface area contributed by atoms with Gasteiger partial charge in [-0.05, 0) is 26.0 Å². The van der Waals surface area contributed by atoms with Gasteiger partial charge in [-0.3, -0.25) is 10.1 Å². The highest BCUT2D eigenvalue weighted by Crippen LogP contribution is 2.27. The molecular formula is C19H19N3O3S. The molecule has 134 valence electrons. The van der Waals surface area contributed by atoms with Gasteiger partial charge in [0.25, 0.3) is 5.91 Å². The molecule has 0 radical (unpaired) electrons. The number of aromatic nitrogens is 2. The number of rotatable bonds is 6. The molecule has 6 nitrogen and oxygen atoms in total. The average molecular weight is 369 g/mol. The molecule has 0 aliphatic rings. The third-order valence-electron chi connectivity index (χ3n) is 3.68. The number of amides is 1. The monoisotopic (exact) mass is 369 g/mol. The first-order chi connectivity index (χ1) is 12.5. The first-order valence-corrected chi connectivity index (χ1v) is 8.89. The summed E-state index contributed by atoms with van der Waals surface area (Å²) in [5.41, 5.74) is 2.14. The van der Waals surface area contributed by atoms with E-state index < -0.39 is 6.10 Å². The maximum absolute atomic E-state index is 12.3. The lowest BCUT2D eigenvalue weighted by atomic mass is 10.2. The van der Waals surface area contributed by atoms with E-state index in [1.165, 1.54) is 16.9 Å². The van der Waals surface area contributed by atoms with E-state index in [-0.39, 0.29) is 5.91 Å². The Morgan fingerprint density at radius 2 is 1.85 bits per heavy atom. The van der Waals surface area contributed by atoms with Crippen molar-refractivity contribution >= 4 is 22.4 Å². The molecule has 0 aliphatic carbocycles. The number of carbonyl (C=O) groups excluding carboxylic acids is 1. The normalized spacial score (nSPS) is 11.7. The summed E-state index contributed by atoms with van der Waals surface area (Å²) in [6, 6.07) is 15.1. The van der Waals surface area contributed by atoms with Crippen LogP contribution >= 0.6 is 11.3 Å². The highest BCUT2D eigenvalue weighted by atomic mass is 32.1. The van der Waals surface area contributed by atoms with Crippen LogP contribution in [0.25, 0.3) is 10.6 Å². The second-order valence-corrected chi connectivity index (χ2v) is 6.68. The highest BCUT2D eigenvalue weighted by molar-refractivity contribution is 7.18. The summed E-state index contributed by atoms with van der Waals surface area (Å²) in [7, 11) is 1.58. The van der Waals surface area contributed by atoms with Crippen LogP contribution in [0, 0.1) is 6.92 Å². The maximum Gasteiger partial charge on any atom is 0.266 e. The van der Waals surface area contributed by atoms with Crippen molar-refractivity contribution in [2.45, 2.75) is 20.0 Å². The lowest BCUT2D eigenvalue weighted by Gasteiger charge is -2.14. The molecule has 1 amide bonds. The first kappa shape index (κ1) is 17.9. The Kier molecular flexibility index (Phi) is 5.48. The van der Waals surface area contributed by atoms with Crippen LogP contribution in [-0.4, -0.2) is 29.3 Å². The first-order valence-electron chi connectivity index (χ1n) is 8.07. The number of hydrogen-bond acceptors (Lipinski definition) is 6. The summed E-state index contributed by atoms with van der Waals surface area (Å²) in [4.78, 5) is 12.3. The second kappa shape index (κ2) is 7.97. The van der Waals surface area contributed by atoms with Crippen LogP contribution in [0.5, 0.6) is 11.5 Å². The van der Waals surface area contributed by atoms with Gasteiger partial charge in [-0.15, -0.1) is 10.2 Å². The molecule has 1 aromatic heterocycles. The maximum atomic E-state index is 12.3. The smallest absolute Gasteiger partial charge is 0.266 e. The zero-order valence-electron chi connectivity index (χ0n) is 14.7. The van der Waals surface area contributed by atoms with Crippen molar-refractivity contribution in [2.24, 2.45) is 0 Å². The van der Waals surface area contributed by atoms with Crippen molar-refractivity contribution in [2.75, 3.05) is 12.4 Å². The number of hydrogen-bond donors (Lipinski definition) is 1. The largest absolute Gasteiger partial charge is 0.497 e. The molecule has 1 atom stereocenters. The third-order valence-corrected chi connectivity index (χ3v) is 4.56. The molecule has 2 aromatic carbocycles. The SMILES string of the molecule is COc1cccc(O[C@H](C)C(=O)Nc2nnc(-c3ccc(C)cc3)s2)c1. The van der Waals surface area contributed by atoms with Crippen LogP contribution < -0.4 is 14.8 Å². The Hall–Kier alpha value is -2.93. The minimum Gasteiger partial charge on any atom is -0.497 e. The Bertz CT molecular complexity index is 893. The van der Waals surface area contributed by atoms with E-state index in [1.54, 1.807) is 32.2 Å². The molecule has 0 saturated heterocycles. The van der Waals surface area contributed by atoms with E-state index in [2.05, 4.69) is 15.5 Å². The number of nitrogens with one attached hydrogen (secondary N) is 1. The van der Waals surface area contributed by atoms with Gasteiger partial charge in [0.05, 0.1) is 7.11 Å². The van der Waals surface area contributed by atoms with E-state index in [0.717, 1.165) is 10.6 Å². The van der Waals surface area contributed by atoms with Gasteiger partial charge in [0, 0.05) is 11.6 Å². The lowest BCUT2D eigenvalue weighted by molar-refractivity contribution is -0.122. The molecule has 1 N–H and O–H groups in total. The molecular weight excluding hydrogens is 350 g/mol. The van der Waals surface area contributed by atoms with E-state index in [4.69, 9.17) is 9.47 Å². The van der Waals surface area contributed by atoms with Crippen molar-refractivity contribution in [3.05, 3.63) is 54.1 Å². The summed E-state index contributed by atoms with van der Waals surface area (Å²) < 4.78 is 10.8. The number of ether oxygens (including phenoxy) is 2.